The lowest BCUT2D eigenvalue weighted by Crippen LogP contribution is -2.59. The first kappa shape index (κ1) is 17.3. The summed E-state index contributed by atoms with van der Waals surface area (Å²) in [5, 5.41) is 3.38. The van der Waals surface area contributed by atoms with Crippen molar-refractivity contribution in [3.8, 4) is 0 Å². The lowest BCUT2D eigenvalue weighted by atomic mass is 9.53. The van der Waals surface area contributed by atoms with Crippen LogP contribution in [0.4, 0.5) is 0 Å². The quantitative estimate of drug-likeness (QED) is 0.869. The summed E-state index contributed by atoms with van der Waals surface area (Å²) >= 11 is 0. The van der Waals surface area contributed by atoms with E-state index >= 15 is 0 Å². The van der Waals surface area contributed by atoms with E-state index in [0.717, 1.165) is 17.3 Å². The van der Waals surface area contributed by atoms with Crippen LogP contribution >= 0.6 is 0 Å². The highest BCUT2D eigenvalue weighted by Crippen LogP contribution is 2.54. The van der Waals surface area contributed by atoms with Crippen LogP contribution in [0.25, 0.3) is 0 Å². The third-order valence-corrected chi connectivity index (χ3v) is 6.25. The third kappa shape index (κ3) is 3.53. The van der Waals surface area contributed by atoms with Gasteiger partial charge in [-0.3, -0.25) is 9.78 Å². The summed E-state index contributed by atoms with van der Waals surface area (Å²) < 4.78 is 0. The van der Waals surface area contributed by atoms with Gasteiger partial charge in [0.2, 0.25) is 5.91 Å². The summed E-state index contributed by atoms with van der Waals surface area (Å²) in [4.78, 5) is 17.1. The zero-order chi connectivity index (χ0) is 17.9. The van der Waals surface area contributed by atoms with Gasteiger partial charge in [-0.25, -0.2) is 0 Å². The molecule has 0 unspecified atom stereocenters. The van der Waals surface area contributed by atoms with E-state index in [9.17, 15) is 4.79 Å². The maximum absolute atomic E-state index is 12.6. The van der Waals surface area contributed by atoms with Crippen LogP contribution in [0.15, 0.2) is 48.5 Å². The van der Waals surface area contributed by atoms with E-state index in [1.165, 1.54) is 31.2 Å². The minimum atomic E-state index is 0.170. The molecule has 0 aliphatic heterocycles. The SMILES string of the molecule is Cc1cccc(CCC(=O)N[C@H]2[C@@H]3CCCC[C@@H]3[C@@H]2c2ccccc2)n1. The van der Waals surface area contributed by atoms with Gasteiger partial charge in [-0.05, 0) is 55.7 Å². The molecule has 2 aliphatic rings. The molecule has 2 aliphatic carbocycles. The number of fused-ring (bicyclic) bond motifs is 1. The molecule has 4 atom stereocenters. The molecule has 2 fully saturated rings. The van der Waals surface area contributed by atoms with Crippen LogP contribution in [-0.4, -0.2) is 16.9 Å². The standard InChI is InChI=1S/C23H28N2O/c1-16-8-7-11-18(24-16)14-15-21(26)25-23-20-13-6-5-12-19(20)22(23)17-9-3-2-4-10-17/h2-4,7-11,19-20,22-23H,5-6,12-15H2,1H3,(H,25,26)/t19-,20+,22-,23-/m0/s1. The molecule has 0 saturated heterocycles. The van der Waals surface area contributed by atoms with Crippen LogP contribution in [0.1, 0.15) is 55.0 Å². The van der Waals surface area contributed by atoms with Gasteiger partial charge in [0.1, 0.15) is 0 Å². The number of amides is 1. The summed E-state index contributed by atoms with van der Waals surface area (Å²) in [6.45, 7) is 1.99. The highest BCUT2D eigenvalue weighted by atomic mass is 16.1. The van der Waals surface area contributed by atoms with Gasteiger partial charge < -0.3 is 5.32 Å². The van der Waals surface area contributed by atoms with E-state index in [4.69, 9.17) is 0 Å². The number of aromatic nitrogens is 1. The monoisotopic (exact) mass is 348 g/mol. The van der Waals surface area contributed by atoms with Crippen molar-refractivity contribution in [3.63, 3.8) is 0 Å². The Bertz CT molecular complexity index is 758. The molecule has 0 bridgehead atoms. The number of pyridine rings is 1. The highest BCUT2D eigenvalue weighted by molar-refractivity contribution is 5.77. The molecule has 4 rings (SSSR count). The highest BCUT2D eigenvalue weighted by Gasteiger charge is 2.51. The second-order valence-corrected chi connectivity index (χ2v) is 7.91. The van der Waals surface area contributed by atoms with Crippen LogP contribution in [0.5, 0.6) is 0 Å². The van der Waals surface area contributed by atoms with E-state index in [0.29, 0.717) is 30.7 Å². The van der Waals surface area contributed by atoms with Crippen LogP contribution in [-0.2, 0) is 11.2 Å². The Morgan fingerprint density at radius 3 is 2.58 bits per heavy atom. The van der Waals surface area contributed by atoms with Crippen LogP contribution in [0, 0.1) is 18.8 Å². The Labute approximate surface area is 156 Å². The van der Waals surface area contributed by atoms with E-state index < -0.39 is 0 Å². The number of nitrogens with zero attached hydrogens (tertiary/aromatic N) is 1. The van der Waals surface area contributed by atoms with Gasteiger partial charge in [-0.1, -0.05) is 49.2 Å². The molecule has 26 heavy (non-hydrogen) atoms. The van der Waals surface area contributed by atoms with Crippen molar-refractivity contribution in [2.24, 2.45) is 11.8 Å². The zero-order valence-corrected chi connectivity index (χ0v) is 15.5. The Balaban J connectivity index is 1.41. The van der Waals surface area contributed by atoms with Gasteiger partial charge in [0.25, 0.3) is 0 Å². The van der Waals surface area contributed by atoms with Crippen LogP contribution < -0.4 is 5.32 Å². The molecule has 1 N–H and O–H groups in total. The molecule has 3 heteroatoms. The van der Waals surface area contributed by atoms with Crippen molar-refractivity contribution in [3.05, 3.63) is 65.5 Å². The van der Waals surface area contributed by atoms with Crippen LogP contribution in [0.3, 0.4) is 0 Å². The summed E-state index contributed by atoms with van der Waals surface area (Å²) in [6.07, 6.45) is 6.45. The number of hydrogen-bond donors (Lipinski definition) is 1. The minimum absolute atomic E-state index is 0.170. The number of carbonyl (C=O) groups excluding carboxylic acids is 1. The maximum Gasteiger partial charge on any atom is 0.220 e. The number of hydrogen-bond acceptors (Lipinski definition) is 2. The number of aryl methyl sites for hydroxylation is 2. The molecular formula is C23H28N2O. The normalized spacial score (nSPS) is 27.3. The van der Waals surface area contributed by atoms with Crippen LogP contribution in [0.2, 0.25) is 0 Å². The Morgan fingerprint density at radius 2 is 1.81 bits per heavy atom. The molecule has 136 valence electrons. The van der Waals surface area contributed by atoms with Crippen molar-refractivity contribution in [1.82, 2.24) is 10.3 Å². The summed E-state index contributed by atoms with van der Waals surface area (Å²) in [5.41, 5.74) is 3.40. The molecule has 2 saturated carbocycles. The molecule has 3 nitrogen and oxygen atoms in total. The van der Waals surface area contributed by atoms with Gasteiger partial charge in [0.05, 0.1) is 0 Å². The van der Waals surface area contributed by atoms with Crippen molar-refractivity contribution < 1.29 is 4.79 Å². The zero-order valence-electron chi connectivity index (χ0n) is 15.5. The van der Waals surface area contributed by atoms with E-state index in [1.807, 2.05) is 25.1 Å². The number of nitrogens with one attached hydrogen (secondary N) is 1. The molecule has 0 radical (unpaired) electrons. The smallest absolute Gasteiger partial charge is 0.220 e. The molecular weight excluding hydrogens is 320 g/mol. The van der Waals surface area contributed by atoms with E-state index in [-0.39, 0.29) is 5.91 Å². The second kappa shape index (κ2) is 7.61. The fraction of sp³-hybridized carbons (Fsp3) is 0.478. The largest absolute Gasteiger partial charge is 0.352 e. The predicted octanol–water partition coefficient (Wildman–Crippen LogP) is 4.41. The molecule has 1 aromatic carbocycles. The molecule has 1 aromatic heterocycles. The van der Waals surface area contributed by atoms with Crippen molar-refractivity contribution >= 4 is 5.91 Å². The minimum Gasteiger partial charge on any atom is -0.352 e. The van der Waals surface area contributed by atoms with E-state index in [2.05, 4.69) is 40.6 Å². The number of carbonyl (C=O) groups is 1. The van der Waals surface area contributed by atoms with Gasteiger partial charge in [0.15, 0.2) is 0 Å². The molecule has 0 spiro atoms. The number of benzene rings is 1. The summed E-state index contributed by atoms with van der Waals surface area (Å²) in [6, 6.07) is 17.1. The fourth-order valence-corrected chi connectivity index (χ4v) is 5.03. The summed E-state index contributed by atoms with van der Waals surface area (Å²) in [7, 11) is 0. The van der Waals surface area contributed by atoms with E-state index in [1.54, 1.807) is 0 Å². The Morgan fingerprint density at radius 1 is 1.04 bits per heavy atom. The number of rotatable bonds is 5. The van der Waals surface area contributed by atoms with Gasteiger partial charge >= 0.3 is 0 Å². The summed E-state index contributed by atoms with van der Waals surface area (Å²) in [5.74, 6) is 2.07. The Kier molecular flexibility index (Phi) is 5.05. The fourth-order valence-electron chi connectivity index (χ4n) is 5.03. The molecule has 1 amide bonds. The predicted molar refractivity (Wildman–Crippen MR) is 104 cm³/mol. The molecule has 2 aromatic rings. The molecule has 1 heterocycles. The van der Waals surface area contributed by atoms with Gasteiger partial charge in [-0.2, -0.15) is 0 Å². The van der Waals surface area contributed by atoms with Gasteiger partial charge in [-0.15, -0.1) is 0 Å². The maximum atomic E-state index is 12.6. The topological polar surface area (TPSA) is 42.0 Å². The average molecular weight is 348 g/mol. The van der Waals surface area contributed by atoms with Crippen molar-refractivity contribution in [2.45, 2.75) is 57.4 Å². The van der Waals surface area contributed by atoms with Crippen molar-refractivity contribution in [1.29, 1.82) is 0 Å². The first-order chi connectivity index (χ1) is 12.7. The Hall–Kier alpha value is -2.16. The second-order valence-electron chi connectivity index (χ2n) is 7.91. The first-order valence-electron chi connectivity index (χ1n) is 9.99. The first-order valence-corrected chi connectivity index (χ1v) is 9.99. The van der Waals surface area contributed by atoms with Crippen molar-refractivity contribution in [2.75, 3.05) is 0 Å². The third-order valence-electron chi connectivity index (χ3n) is 6.25. The average Bonchev–Trinajstić information content (AvgIpc) is 2.66. The lowest BCUT2D eigenvalue weighted by molar-refractivity contribution is -0.124. The van der Waals surface area contributed by atoms with Gasteiger partial charge in [0, 0.05) is 29.8 Å². The lowest BCUT2D eigenvalue weighted by Gasteiger charge is -2.55.